The summed E-state index contributed by atoms with van der Waals surface area (Å²) >= 11 is 0. The molecule has 0 radical (unpaired) electrons. The van der Waals surface area contributed by atoms with E-state index in [0.717, 1.165) is 53.4 Å². The Labute approximate surface area is 197 Å². The summed E-state index contributed by atoms with van der Waals surface area (Å²) in [5, 5.41) is 13.8. The van der Waals surface area contributed by atoms with Crippen LogP contribution in [0.3, 0.4) is 0 Å². The molecule has 0 aliphatic carbocycles. The average molecular weight is 455 g/mol. The number of benzene rings is 1. The van der Waals surface area contributed by atoms with Gasteiger partial charge in [-0.05, 0) is 48.2 Å². The summed E-state index contributed by atoms with van der Waals surface area (Å²) in [7, 11) is 0. The van der Waals surface area contributed by atoms with Crippen LogP contribution >= 0.6 is 0 Å². The van der Waals surface area contributed by atoms with Crippen molar-refractivity contribution in [2.24, 2.45) is 0 Å². The monoisotopic (exact) mass is 454 g/mol. The SMILES string of the molecule is CCn1cc(-c2ccnc(Cc3ccc4c(c3)CCN(CC(=O)O)C4)n2)c(-c2cccnc2)n1. The van der Waals surface area contributed by atoms with E-state index in [9.17, 15) is 4.79 Å². The summed E-state index contributed by atoms with van der Waals surface area (Å²) in [5.74, 6) is -0.0320. The first kappa shape index (κ1) is 21.9. The van der Waals surface area contributed by atoms with E-state index in [-0.39, 0.29) is 6.54 Å². The molecule has 172 valence electrons. The number of fused-ring (bicyclic) bond motifs is 1. The average Bonchev–Trinajstić information content (AvgIpc) is 3.29. The van der Waals surface area contributed by atoms with Crippen LogP contribution in [0.1, 0.15) is 29.4 Å². The lowest BCUT2D eigenvalue weighted by molar-refractivity contribution is -0.138. The van der Waals surface area contributed by atoms with Crippen molar-refractivity contribution in [3.63, 3.8) is 0 Å². The first-order valence-electron chi connectivity index (χ1n) is 11.4. The lowest BCUT2D eigenvalue weighted by Crippen LogP contribution is -2.34. The number of carboxylic acid groups (broad SMARTS) is 1. The van der Waals surface area contributed by atoms with E-state index in [1.165, 1.54) is 11.1 Å². The number of aryl methyl sites for hydroxylation is 1. The molecule has 0 atom stereocenters. The quantitative estimate of drug-likeness (QED) is 0.457. The van der Waals surface area contributed by atoms with Gasteiger partial charge in [0.25, 0.3) is 0 Å². The maximum Gasteiger partial charge on any atom is 0.317 e. The molecule has 1 aliphatic heterocycles. The highest BCUT2D eigenvalue weighted by Gasteiger charge is 2.19. The molecule has 1 aliphatic rings. The Bertz CT molecular complexity index is 1320. The Morgan fingerprint density at radius 3 is 2.85 bits per heavy atom. The van der Waals surface area contributed by atoms with Gasteiger partial charge in [-0.25, -0.2) is 9.97 Å². The minimum absolute atomic E-state index is 0.0808. The van der Waals surface area contributed by atoms with Gasteiger partial charge in [-0.2, -0.15) is 5.10 Å². The Morgan fingerprint density at radius 2 is 2.06 bits per heavy atom. The van der Waals surface area contributed by atoms with E-state index >= 15 is 0 Å². The molecule has 0 unspecified atom stereocenters. The molecule has 4 heterocycles. The molecule has 8 nitrogen and oxygen atoms in total. The van der Waals surface area contributed by atoms with Gasteiger partial charge >= 0.3 is 5.97 Å². The molecule has 0 spiro atoms. The van der Waals surface area contributed by atoms with Crippen molar-refractivity contribution in [2.45, 2.75) is 32.9 Å². The molecule has 0 saturated heterocycles. The largest absolute Gasteiger partial charge is 0.480 e. The highest BCUT2D eigenvalue weighted by molar-refractivity contribution is 5.78. The highest BCUT2D eigenvalue weighted by atomic mass is 16.4. The smallest absolute Gasteiger partial charge is 0.317 e. The number of pyridine rings is 1. The molecule has 0 fully saturated rings. The summed E-state index contributed by atoms with van der Waals surface area (Å²) in [4.78, 5) is 26.6. The first-order valence-corrected chi connectivity index (χ1v) is 11.4. The second-order valence-electron chi connectivity index (χ2n) is 8.48. The van der Waals surface area contributed by atoms with E-state index in [4.69, 9.17) is 15.2 Å². The van der Waals surface area contributed by atoms with E-state index in [2.05, 4.69) is 35.1 Å². The molecule has 0 saturated carbocycles. The number of aromatic nitrogens is 5. The van der Waals surface area contributed by atoms with Gasteiger partial charge < -0.3 is 5.11 Å². The van der Waals surface area contributed by atoms with Crippen LogP contribution in [0.4, 0.5) is 0 Å². The fourth-order valence-electron chi connectivity index (χ4n) is 4.40. The van der Waals surface area contributed by atoms with Crippen LogP contribution in [0.2, 0.25) is 0 Å². The molecular formula is C26H26N6O2. The third-order valence-electron chi connectivity index (χ3n) is 6.09. The first-order chi connectivity index (χ1) is 16.6. The molecule has 1 aromatic carbocycles. The van der Waals surface area contributed by atoms with E-state index in [1.54, 1.807) is 12.4 Å². The van der Waals surface area contributed by atoms with Gasteiger partial charge in [-0.15, -0.1) is 0 Å². The maximum atomic E-state index is 11.0. The van der Waals surface area contributed by atoms with Crippen LogP contribution in [0.15, 0.2) is 61.2 Å². The van der Waals surface area contributed by atoms with Crippen molar-refractivity contribution in [3.05, 3.63) is 83.7 Å². The van der Waals surface area contributed by atoms with Gasteiger partial charge in [-0.3, -0.25) is 19.4 Å². The molecule has 0 bridgehead atoms. The Kier molecular flexibility index (Phi) is 6.14. The van der Waals surface area contributed by atoms with Crippen LogP contribution in [-0.2, 0) is 30.7 Å². The third-order valence-corrected chi connectivity index (χ3v) is 6.09. The van der Waals surface area contributed by atoms with Crippen molar-refractivity contribution >= 4 is 5.97 Å². The summed E-state index contributed by atoms with van der Waals surface area (Å²) in [6, 6.07) is 12.2. The zero-order chi connectivity index (χ0) is 23.5. The second kappa shape index (κ2) is 9.52. The number of hydrogen-bond donors (Lipinski definition) is 1. The van der Waals surface area contributed by atoms with Crippen molar-refractivity contribution in [1.29, 1.82) is 0 Å². The molecule has 8 heteroatoms. The predicted molar refractivity (Wildman–Crippen MR) is 128 cm³/mol. The van der Waals surface area contributed by atoms with Gasteiger partial charge in [-0.1, -0.05) is 18.2 Å². The summed E-state index contributed by atoms with van der Waals surface area (Å²) < 4.78 is 1.91. The fraction of sp³-hybridized carbons (Fsp3) is 0.269. The third kappa shape index (κ3) is 4.72. The minimum Gasteiger partial charge on any atom is -0.480 e. The summed E-state index contributed by atoms with van der Waals surface area (Å²) in [6.07, 6.45) is 8.88. The van der Waals surface area contributed by atoms with Crippen molar-refractivity contribution < 1.29 is 9.90 Å². The lowest BCUT2D eigenvalue weighted by atomic mass is 9.96. The molecule has 34 heavy (non-hydrogen) atoms. The van der Waals surface area contributed by atoms with E-state index < -0.39 is 5.97 Å². The Balaban J connectivity index is 1.39. The predicted octanol–water partition coefficient (Wildman–Crippen LogP) is 3.46. The number of rotatable bonds is 7. The zero-order valence-corrected chi connectivity index (χ0v) is 19.1. The van der Waals surface area contributed by atoms with E-state index in [1.807, 2.05) is 40.2 Å². The topological polar surface area (TPSA) is 97.0 Å². The Hall–Kier alpha value is -3.91. The van der Waals surface area contributed by atoms with Crippen molar-refractivity contribution in [1.82, 2.24) is 29.6 Å². The lowest BCUT2D eigenvalue weighted by Gasteiger charge is -2.27. The van der Waals surface area contributed by atoms with Crippen LogP contribution < -0.4 is 0 Å². The van der Waals surface area contributed by atoms with E-state index in [0.29, 0.717) is 13.0 Å². The number of nitrogens with zero attached hydrogens (tertiary/aromatic N) is 6. The standard InChI is InChI=1S/C26H26N6O2/c1-2-32-16-22(26(30-32)20-4-3-9-27-14-20)23-7-10-28-24(29-23)13-18-5-6-21-15-31(17-25(33)34)11-8-19(21)12-18/h3-7,9-10,12,14,16H,2,8,11,13,15,17H2,1H3,(H,33,34). The molecule has 4 aromatic rings. The number of aliphatic carboxylic acids is 1. The zero-order valence-electron chi connectivity index (χ0n) is 19.1. The maximum absolute atomic E-state index is 11.0. The van der Waals surface area contributed by atoms with Crippen LogP contribution in [0.25, 0.3) is 22.5 Å². The van der Waals surface area contributed by atoms with Crippen LogP contribution in [0.5, 0.6) is 0 Å². The Morgan fingerprint density at radius 1 is 1.15 bits per heavy atom. The molecule has 5 rings (SSSR count). The van der Waals surface area contributed by atoms with Crippen molar-refractivity contribution in [2.75, 3.05) is 13.1 Å². The van der Waals surface area contributed by atoms with Gasteiger partial charge in [0.15, 0.2) is 0 Å². The van der Waals surface area contributed by atoms with Crippen LogP contribution in [-0.4, -0.2) is 53.8 Å². The highest BCUT2D eigenvalue weighted by Crippen LogP contribution is 2.29. The summed E-state index contributed by atoms with van der Waals surface area (Å²) in [6.45, 7) is 4.34. The summed E-state index contributed by atoms with van der Waals surface area (Å²) in [5.41, 5.74) is 7.24. The fourth-order valence-corrected chi connectivity index (χ4v) is 4.40. The van der Waals surface area contributed by atoms with Gasteiger partial charge in [0.2, 0.25) is 0 Å². The normalized spacial score (nSPS) is 13.6. The second-order valence-corrected chi connectivity index (χ2v) is 8.48. The number of carbonyl (C=O) groups is 1. The molecule has 1 N–H and O–H groups in total. The number of hydrogen-bond acceptors (Lipinski definition) is 6. The molecule has 3 aromatic heterocycles. The van der Waals surface area contributed by atoms with Gasteiger partial charge in [0, 0.05) is 62.0 Å². The minimum atomic E-state index is -0.784. The molecular weight excluding hydrogens is 428 g/mol. The van der Waals surface area contributed by atoms with Gasteiger partial charge in [0.05, 0.1) is 12.2 Å². The van der Waals surface area contributed by atoms with Crippen LogP contribution in [0, 0.1) is 0 Å². The number of carboxylic acids is 1. The molecule has 0 amide bonds. The van der Waals surface area contributed by atoms with Gasteiger partial charge in [0.1, 0.15) is 11.5 Å². The van der Waals surface area contributed by atoms with Crippen molar-refractivity contribution in [3.8, 4) is 22.5 Å².